The predicted octanol–water partition coefficient (Wildman–Crippen LogP) is -1.90. The van der Waals surface area contributed by atoms with Crippen LogP contribution in [0.15, 0.2) is 0 Å². The van der Waals surface area contributed by atoms with Crippen LogP contribution in [0.2, 0.25) is 0 Å². The lowest BCUT2D eigenvalue weighted by molar-refractivity contribution is -0.922. The molecule has 82 valence electrons. The first kappa shape index (κ1) is 11.2. The summed E-state index contributed by atoms with van der Waals surface area (Å²) in [7, 11) is 4.76. The van der Waals surface area contributed by atoms with Crippen molar-refractivity contribution < 1.29 is 28.9 Å². The maximum atomic E-state index is 2.38. The molecule has 2 heteroatoms. The van der Waals surface area contributed by atoms with E-state index in [2.05, 4.69) is 14.1 Å². The lowest BCUT2D eigenvalue weighted by Gasteiger charge is -2.56. The number of halogens is 1. The Bertz CT molecular complexity index is 189. The molecule has 0 atom stereocenters. The van der Waals surface area contributed by atoms with Gasteiger partial charge >= 0.3 is 0 Å². The van der Waals surface area contributed by atoms with Crippen LogP contribution in [0, 0.1) is 17.8 Å². The van der Waals surface area contributed by atoms with E-state index in [1.807, 2.05) is 0 Å². The fourth-order valence-electron chi connectivity index (χ4n) is 4.72. The molecule has 4 saturated carbocycles. The van der Waals surface area contributed by atoms with Gasteiger partial charge in [0.05, 0.1) is 19.6 Å². The fraction of sp³-hybridized carbons (Fsp3) is 1.00. The van der Waals surface area contributed by atoms with E-state index in [0.29, 0.717) is 0 Å². The van der Waals surface area contributed by atoms with Gasteiger partial charge < -0.3 is 28.9 Å². The van der Waals surface area contributed by atoms with Crippen molar-refractivity contribution in [2.24, 2.45) is 17.8 Å². The van der Waals surface area contributed by atoms with Crippen LogP contribution in [0.1, 0.15) is 38.5 Å². The highest BCUT2D eigenvalue weighted by molar-refractivity contribution is 5.01. The second-order valence-electron chi connectivity index (χ2n) is 6.20. The van der Waals surface area contributed by atoms with Crippen LogP contribution in [0.25, 0.3) is 0 Å². The van der Waals surface area contributed by atoms with Crippen LogP contribution in [0.3, 0.4) is 0 Å². The Hall–Kier alpha value is 0.690. The molecule has 0 unspecified atom stereocenters. The smallest absolute Gasteiger partial charge is 0.0980 e. The molecule has 4 rings (SSSR count). The molecule has 4 bridgehead atoms. The van der Waals surface area contributed by atoms with Gasteiger partial charge in [0.25, 0.3) is 0 Å². The first-order valence-electron chi connectivity index (χ1n) is 5.98. The summed E-state index contributed by atoms with van der Waals surface area (Å²) in [6.45, 7) is 0. The van der Waals surface area contributed by atoms with E-state index in [1.54, 1.807) is 43.4 Å². The van der Waals surface area contributed by atoms with Gasteiger partial charge in [-0.2, -0.15) is 0 Å². The zero-order valence-electron chi connectivity index (χ0n) is 9.35. The van der Waals surface area contributed by atoms with Gasteiger partial charge in [0.15, 0.2) is 0 Å². The van der Waals surface area contributed by atoms with Gasteiger partial charge in [0.1, 0.15) is 0 Å². The molecule has 0 spiro atoms. The lowest BCUT2D eigenvalue weighted by atomic mass is 9.52. The van der Waals surface area contributed by atoms with Gasteiger partial charge in [-0.25, -0.2) is 0 Å². The number of quaternary nitrogens is 1. The Morgan fingerprint density at radius 3 is 1.50 bits per heavy atom. The third-order valence-electron chi connectivity index (χ3n) is 5.10. The number of nitrogens with one attached hydrogen (secondary N) is 1. The van der Waals surface area contributed by atoms with Gasteiger partial charge in [-0.1, -0.05) is 0 Å². The largest absolute Gasteiger partial charge is 1.00 e. The van der Waals surface area contributed by atoms with E-state index in [1.165, 1.54) is 0 Å². The molecule has 4 aliphatic carbocycles. The van der Waals surface area contributed by atoms with Crippen molar-refractivity contribution in [3.8, 4) is 0 Å². The predicted molar refractivity (Wildman–Crippen MR) is 53.7 cm³/mol. The quantitative estimate of drug-likeness (QED) is 0.540. The normalized spacial score (nSPS) is 49.5. The summed E-state index contributed by atoms with van der Waals surface area (Å²) in [5, 5.41) is 0. The van der Waals surface area contributed by atoms with E-state index in [-0.39, 0.29) is 24.0 Å². The summed E-state index contributed by atoms with van der Waals surface area (Å²) < 4.78 is 0. The van der Waals surface area contributed by atoms with E-state index in [0.717, 1.165) is 23.3 Å². The average molecular weight is 307 g/mol. The van der Waals surface area contributed by atoms with Gasteiger partial charge in [0, 0.05) is 19.3 Å². The van der Waals surface area contributed by atoms with Crippen LogP contribution in [-0.2, 0) is 0 Å². The summed E-state index contributed by atoms with van der Waals surface area (Å²) in [4.78, 5) is 1.74. The molecular formula is C12H22IN. The molecule has 0 heterocycles. The second-order valence-corrected chi connectivity index (χ2v) is 6.20. The van der Waals surface area contributed by atoms with Crippen molar-refractivity contribution in [1.82, 2.24) is 0 Å². The summed E-state index contributed by atoms with van der Waals surface area (Å²) >= 11 is 0. The van der Waals surface area contributed by atoms with Gasteiger partial charge in [0.2, 0.25) is 0 Å². The monoisotopic (exact) mass is 307 g/mol. The minimum absolute atomic E-state index is 0. The van der Waals surface area contributed by atoms with E-state index in [9.17, 15) is 0 Å². The molecular weight excluding hydrogens is 285 g/mol. The summed E-state index contributed by atoms with van der Waals surface area (Å²) in [5.41, 5.74) is 0.717. The molecule has 0 amide bonds. The van der Waals surface area contributed by atoms with Crippen LogP contribution >= 0.6 is 0 Å². The SMILES string of the molecule is C[NH+](C)C12CC3CC(CC(C3)C1)C2.[I-]. The van der Waals surface area contributed by atoms with Crippen molar-refractivity contribution >= 4 is 0 Å². The van der Waals surface area contributed by atoms with Gasteiger partial charge in [-0.3, -0.25) is 0 Å². The zero-order chi connectivity index (χ0) is 9.05. The highest BCUT2D eigenvalue weighted by Gasteiger charge is 2.54. The Balaban J connectivity index is 0.000000750. The summed E-state index contributed by atoms with van der Waals surface area (Å²) in [6.07, 6.45) is 9.36. The minimum Gasteiger partial charge on any atom is -1.00 e. The van der Waals surface area contributed by atoms with Gasteiger partial charge in [-0.05, 0) is 37.0 Å². The molecule has 1 nitrogen and oxygen atoms in total. The average Bonchev–Trinajstić information content (AvgIpc) is 2.00. The second kappa shape index (κ2) is 3.62. The Kier molecular flexibility index (Phi) is 2.89. The topological polar surface area (TPSA) is 4.44 Å². The molecule has 14 heavy (non-hydrogen) atoms. The molecule has 0 aromatic carbocycles. The molecule has 0 saturated heterocycles. The highest BCUT2D eigenvalue weighted by Crippen LogP contribution is 2.54. The van der Waals surface area contributed by atoms with E-state index >= 15 is 0 Å². The maximum Gasteiger partial charge on any atom is 0.0980 e. The highest BCUT2D eigenvalue weighted by atomic mass is 127. The van der Waals surface area contributed by atoms with E-state index in [4.69, 9.17) is 0 Å². The van der Waals surface area contributed by atoms with Crippen LogP contribution < -0.4 is 28.9 Å². The third-order valence-corrected chi connectivity index (χ3v) is 5.10. The molecule has 0 radical (unpaired) electrons. The van der Waals surface area contributed by atoms with Crippen LogP contribution in [0.4, 0.5) is 0 Å². The Morgan fingerprint density at radius 2 is 1.21 bits per heavy atom. The molecule has 0 aliphatic heterocycles. The number of rotatable bonds is 1. The molecule has 4 aliphatic rings. The fourth-order valence-corrected chi connectivity index (χ4v) is 4.72. The van der Waals surface area contributed by atoms with Crippen molar-refractivity contribution in [3.63, 3.8) is 0 Å². The van der Waals surface area contributed by atoms with Crippen LogP contribution in [0.5, 0.6) is 0 Å². The van der Waals surface area contributed by atoms with Gasteiger partial charge in [-0.15, -0.1) is 0 Å². The maximum absolute atomic E-state index is 2.38. The Labute approximate surface area is 105 Å². The van der Waals surface area contributed by atoms with Crippen molar-refractivity contribution in [1.29, 1.82) is 0 Å². The lowest BCUT2D eigenvalue weighted by Crippen LogP contribution is -3.16. The minimum atomic E-state index is 0. The third kappa shape index (κ3) is 1.53. The molecule has 0 aromatic heterocycles. The Morgan fingerprint density at radius 1 is 0.857 bits per heavy atom. The first-order valence-corrected chi connectivity index (χ1v) is 5.98. The number of hydrogen-bond donors (Lipinski definition) is 1. The first-order chi connectivity index (χ1) is 6.18. The van der Waals surface area contributed by atoms with Crippen LogP contribution in [-0.4, -0.2) is 19.6 Å². The molecule has 1 N–H and O–H groups in total. The van der Waals surface area contributed by atoms with E-state index < -0.39 is 0 Å². The summed E-state index contributed by atoms with van der Waals surface area (Å²) in [5.74, 6) is 3.34. The summed E-state index contributed by atoms with van der Waals surface area (Å²) in [6, 6.07) is 0. The zero-order valence-corrected chi connectivity index (χ0v) is 11.5. The van der Waals surface area contributed by atoms with Crippen molar-refractivity contribution in [2.75, 3.05) is 14.1 Å². The van der Waals surface area contributed by atoms with Crippen molar-refractivity contribution in [2.45, 2.75) is 44.1 Å². The molecule has 4 fully saturated rings. The molecule has 0 aromatic rings. The van der Waals surface area contributed by atoms with Crippen molar-refractivity contribution in [3.05, 3.63) is 0 Å². The number of hydrogen-bond acceptors (Lipinski definition) is 0. The standard InChI is InChI=1S/C12H21N.HI/c1-13(2)12-6-9-3-10(7-12)5-11(4-9)8-12;/h9-11H,3-8H2,1-2H3;1H.